The maximum Gasteiger partial charge on any atom is 0.234 e. The van der Waals surface area contributed by atoms with Crippen LogP contribution in [0, 0.1) is 6.92 Å². The molecule has 1 aliphatic rings. The van der Waals surface area contributed by atoms with Gasteiger partial charge in [0.2, 0.25) is 11.8 Å². The smallest absolute Gasteiger partial charge is 0.234 e. The molecule has 0 saturated heterocycles. The Bertz CT molecular complexity index is 729. The minimum Gasteiger partial charge on any atom is -0.486 e. The molecule has 0 spiro atoms. The number of nitrogens with one attached hydrogen (secondary N) is 1. The minimum absolute atomic E-state index is 0.0779. The van der Waals surface area contributed by atoms with Gasteiger partial charge in [-0.2, -0.15) is 0 Å². The summed E-state index contributed by atoms with van der Waals surface area (Å²) in [6.07, 6.45) is 1.17. The quantitative estimate of drug-likeness (QED) is 0.806. The van der Waals surface area contributed by atoms with Gasteiger partial charge >= 0.3 is 0 Å². The van der Waals surface area contributed by atoms with Crippen LogP contribution >= 0.6 is 11.8 Å². The molecule has 6 nitrogen and oxygen atoms in total. The first-order valence-electron chi connectivity index (χ1n) is 7.95. The highest BCUT2D eigenvalue weighted by atomic mass is 32.2. The van der Waals surface area contributed by atoms with Crippen LogP contribution in [-0.2, 0) is 11.2 Å². The van der Waals surface area contributed by atoms with Gasteiger partial charge in [0.25, 0.3) is 0 Å². The van der Waals surface area contributed by atoms with Gasteiger partial charge < -0.3 is 14.0 Å². The predicted octanol–water partition coefficient (Wildman–Crippen LogP) is 3.44. The van der Waals surface area contributed by atoms with E-state index in [1.807, 2.05) is 32.0 Å². The standard InChI is InChI=1S/C17H20N2O4S/c1-3-13-11(2)19-23-17(13)18-16(20)6-9-24-12-4-5-14-15(10-12)22-8-7-21-14/h4-5,10H,3,6-9H2,1-2H3,(H,18,20). The van der Waals surface area contributed by atoms with E-state index >= 15 is 0 Å². The fourth-order valence-electron chi connectivity index (χ4n) is 2.47. The fourth-order valence-corrected chi connectivity index (χ4v) is 3.35. The number of rotatable bonds is 6. The molecule has 0 radical (unpaired) electrons. The zero-order valence-corrected chi connectivity index (χ0v) is 14.6. The number of anilines is 1. The number of hydrogen-bond donors (Lipinski definition) is 1. The van der Waals surface area contributed by atoms with Crippen LogP contribution in [0.3, 0.4) is 0 Å². The average molecular weight is 348 g/mol. The van der Waals surface area contributed by atoms with Crippen molar-refractivity contribution in [3.63, 3.8) is 0 Å². The van der Waals surface area contributed by atoms with Crippen molar-refractivity contribution in [2.75, 3.05) is 24.3 Å². The highest BCUT2D eigenvalue weighted by molar-refractivity contribution is 7.99. The third-order valence-corrected chi connectivity index (χ3v) is 4.70. The lowest BCUT2D eigenvalue weighted by molar-refractivity contribution is -0.115. The highest BCUT2D eigenvalue weighted by Crippen LogP contribution is 2.34. The van der Waals surface area contributed by atoms with Crippen LogP contribution in [0.4, 0.5) is 5.88 Å². The highest BCUT2D eigenvalue weighted by Gasteiger charge is 2.15. The van der Waals surface area contributed by atoms with Gasteiger partial charge in [0.15, 0.2) is 11.5 Å². The Labute approximate surface area is 144 Å². The van der Waals surface area contributed by atoms with E-state index < -0.39 is 0 Å². The van der Waals surface area contributed by atoms with E-state index in [9.17, 15) is 4.79 Å². The monoisotopic (exact) mass is 348 g/mol. The third-order valence-electron chi connectivity index (χ3n) is 3.70. The van der Waals surface area contributed by atoms with Gasteiger partial charge in [-0.05, 0) is 31.5 Å². The van der Waals surface area contributed by atoms with Crippen molar-refractivity contribution < 1.29 is 18.8 Å². The van der Waals surface area contributed by atoms with E-state index in [1.165, 1.54) is 0 Å². The first-order chi connectivity index (χ1) is 11.7. The Hall–Kier alpha value is -2.15. The van der Waals surface area contributed by atoms with Crippen molar-refractivity contribution in [1.29, 1.82) is 0 Å². The number of carbonyl (C=O) groups excluding carboxylic acids is 1. The van der Waals surface area contributed by atoms with Gasteiger partial charge in [0.1, 0.15) is 13.2 Å². The van der Waals surface area contributed by atoms with Crippen molar-refractivity contribution >= 4 is 23.6 Å². The Morgan fingerprint density at radius 1 is 1.29 bits per heavy atom. The van der Waals surface area contributed by atoms with Crippen LogP contribution < -0.4 is 14.8 Å². The number of fused-ring (bicyclic) bond motifs is 1. The van der Waals surface area contributed by atoms with E-state index in [1.54, 1.807) is 11.8 Å². The van der Waals surface area contributed by atoms with Crippen LogP contribution in [0.1, 0.15) is 24.6 Å². The average Bonchev–Trinajstić information content (AvgIpc) is 2.94. The lowest BCUT2D eigenvalue weighted by atomic mass is 10.2. The molecule has 2 heterocycles. The summed E-state index contributed by atoms with van der Waals surface area (Å²) in [5, 5.41) is 6.68. The van der Waals surface area contributed by atoms with E-state index in [0.29, 0.717) is 31.3 Å². The summed E-state index contributed by atoms with van der Waals surface area (Å²) in [7, 11) is 0. The summed E-state index contributed by atoms with van der Waals surface area (Å²) in [6, 6.07) is 5.83. The largest absolute Gasteiger partial charge is 0.486 e. The molecule has 0 saturated carbocycles. The summed E-state index contributed by atoms with van der Waals surface area (Å²) >= 11 is 1.60. The Kier molecular flexibility index (Phi) is 5.30. The lowest BCUT2D eigenvalue weighted by Crippen LogP contribution is -2.15. The molecule has 1 aromatic heterocycles. The molecular formula is C17H20N2O4S. The molecular weight excluding hydrogens is 328 g/mol. The number of carbonyl (C=O) groups is 1. The number of aromatic nitrogens is 1. The second-order valence-corrected chi connectivity index (χ2v) is 6.55. The second kappa shape index (κ2) is 7.61. The SMILES string of the molecule is CCc1c(C)noc1NC(=O)CCSc1ccc2c(c1)OCCO2. The van der Waals surface area contributed by atoms with Crippen molar-refractivity contribution in [2.45, 2.75) is 31.6 Å². The van der Waals surface area contributed by atoms with Gasteiger partial charge in [-0.3, -0.25) is 10.1 Å². The van der Waals surface area contributed by atoms with Gasteiger partial charge in [-0.15, -0.1) is 11.8 Å². The molecule has 0 aliphatic carbocycles. The molecule has 0 bridgehead atoms. The van der Waals surface area contributed by atoms with E-state index in [4.69, 9.17) is 14.0 Å². The summed E-state index contributed by atoms with van der Waals surface area (Å²) < 4.78 is 16.2. The number of benzene rings is 1. The van der Waals surface area contributed by atoms with Crippen LogP contribution in [0.25, 0.3) is 0 Å². The molecule has 0 atom stereocenters. The lowest BCUT2D eigenvalue weighted by Gasteiger charge is -2.18. The molecule has 128 valence electrons. The first kappa shape index (κ1) is 16.7. The van der Waals surface area contributed by atoms with Gasteiger partial charge in [0.05, 0.1) is 5.69 Å². The van der Waals surface area contributed by atoms with Crippen LogP contribution in [0.2, 0.25) is 0 Å². The second-order valence-electron chi connectivity index (χ2n) is 5.38. The molecule has 2 aromatic rings. The predicted molar refractivity (Wildman–Crippen MR) is 92.0 cm³/mol. The molecule has 1 amide bonds. The maximum absolute atomic E-state index is 12.1. The van der Waals surface area contributed by atoms with Gasteiger partial charge in [-0.1, -0.05) is 12.1 Å². The van der Waals surface area contributed by atoms with Crippen molar-refractivity contribution in [2.24, 2.45) is 0 Å². The topological polar surface area (TPSA) is 73.6 Å². The number of amides is 1. The van der Waals surface area contributed by atoms with Gasteiger partial charge in [-0.25, -0.2) is 0 Å². The molecule has 24 heavy (non-hydrogen) atoms. The molecule has 0 unspecified atom stereocenters. The fraction of sp³-hybridized carbons (Fsp3) is 0.412. The normalized spacial score (nSPS) is 12.9. The number of aryl methyl sites for hydroxylation is 1. The third kappa shape index (κ3) is 3.84. The van der Waals surface area contributed by atoms with Crippen LogP contribution in [0.5, 0.6) is 11.5 Å². The summed E-state index contributed by atoms with van der Waals surface area (Å²) in [5.74, 6) is 2.59. The van der Waals surface area contributed by atoms with Crippen molar-refractivity contribution in [3.05, 3.63) is 29.5 Å². The van der Waals surface area contributed by atoms with Crippen molar-refractivity contribution in [3.8, 4) is 11.5 Å². The molecule has 7 heteroatoms. The van der Waals surface area contributed by atoms with Crippen LogP contribution in [-0.4, -0.2) is 30.0 Å². The molecule has 1 aromatic carbocycles. The Balaban J connectivity index is 1.50. The molecule has 0 fully saturated rings. The van der Waals surface area contributed by atoms with E-state index in [2.05, 4.69) is 10.5 Å². The summed E-state index contributed by atoms with van der Waals surface area (Å²) in [6.45, 7) is 5.03. The molecule has 1 N–H and O–H groups in total. The summed E-state index contributed by atoms with van der Waals surface area (Å²) in [5.41, 5.74) is 1.77. The number of nitrogens with zero attached hydrogens (tertiary/aromatic N) is 1. The zero-order chi connectivity index (χ0) is 16.9. The minimum atomic E-state index is -0.0779. The van der Waals surface area contributed by atoms with Crippen molar-refractivity contribution in [1.82, 2.24) is 5.16 Å². The first-order valence-corrected chi connectivity index (χ1v) is 8.93. The molecule has 3 rings (SSSR count). The van der Waals surface area contributed by atoms with Gasteiger partial charge in [0, 0.05) is 22.6 Å². The molecule has 1 aliphatic heterocycles. The van der Waals surface area contributed by atoms with E-state index in [-0.39, 0.29) is 5.91 Å². The number of thioether (sulfide) groups is 1. The number of ether oxygens (including phenoxy) is 2. The number of hydrogen-bond acceptors (Lipinski definition) is 6. The Morgan fingerprint density at radius 3 is 2.88 bits per heavy atom. The maximum atomic E-state index is 12.1. The Morgan fingerprint density at radius 2 is 2.08 bits per heavy atom. The zero-order valence-electron chi connectivity index (χ0n) is 13.8. The van der Waals surface area contributed by atoms with E-state index in [0.717, 1.165) is 34.1 Å². The summed E-state index contributed by atoms with van der Waals surface area (Å²) in [4.78, 5) is 13.1. The van der Waals surface area contributed by atoms with Crippen LogP contribution in [0.15, 0.2) is 27.6 Å².